The van der Waals surface area contributed by atoms with Crippen LogP contribution in [0.25, 0.3) is 0 Å². The zero-order valence-electron chi connectivity index (χ0n) is 12.1. The van der Waals surface area contributed by atoms with Crippen LogP contribution in [0.1, 0.15) is 11.1 Å². The van der Waals surface area contributed by atoms with Crippen molar-refractivity contribution in [3.05, 3.63) is 35.4 Å². The molecule has 2 amide bonds. The van der Waals surface area contributed by atoms with E-state index in [-0.39, 0.29) is 12.4 Å². The third-order valence-corrected chi connectivity index (χ3v) is 3.96. The lowest BCUT2D eigenvalue weighted by Crippen LogP contribution is -2.36. The van der Waals surface area contributed by atoms with E-state index < -0.39 is 23.7 Å². The molecule has 0 spiro atoms. The van der Waals surface area contributed by atoms with Crippen molar-refractivity contribution in [1.29, 1.82) is 0 Å². The predicted molar refractivity (Wildman–Crippen MR) is 83.9 cm³/mol. The molecule has 1 aliphatic heterocycles. The highest BCUT2D eigenvalue weighted by Gasteiger charge is 2.39. The summed E-state index contributed by atoms with van der Waals surface area (Å²) in [5, 5.41) is 0. The van der Waals surface area contributed by atoms with Crippen molar-refractivity contribution in [3.63, 3.8) is 0 Å². The van der Waals surface area contributed by atoms with Crippen LogP contribution in [0.3, 0.4) is 0 Å². The molecule has 116 valence electrons. The minimum Gasteiger partial charge on any atom is -0.369 e. The third-order valence-electron chi connectivity index (χ3n) is 3.96. The van der Waals surface area contributed by atoms with Gasteiger partial charge in [0, 0.05) is 19.6 Å². The van der Waals surface area contributed by atoms with Crippen LogP contribution in [-0.4, -0.2) is 36.3 Å². The van der Waals surface area contributed by atoms with Gasteiger partial charge in [0.2, 0.25) is 11.8 Å². The maximum atomic E-state index is 11.4. The van der Waals surface area contributed by atoms with E-state index in [4.69, 9.17) is 11.5 Å². The first-order chi connectivity index (χ1) is 9.47. The molecule has 21 heavy (non-hydrogen) atoms. The monoisotopic (exact) mass is 311 g/mol. The molecule has 1 aliphatic rings. The van der Waals surface area contributed by atoms with Crippen LogP contribution >= 0.6 is 12.4 Å². The summed E-state index contributed by atoms with van der Waals surface area (Å²) in [6, 6.07) is 8.36. The molecule has 0 radical (unpaired) electrons. The van der Waals surface area contributed by atoms with E-state index in [9.17, 15) is 9.59 Å². The number of hydrogen-bond acceptors (Lipinski definition) is 3. The molecule has 2 atom stereocenters. The molecular formula is C15H22ClN3O2. The Morgan fingerprint density at radius 2 is 1.57 bits per heavy atom. The van der Waals surface area contributed by atoms with Gasteiger partial charge < -0.3 is 16.4 Å². The summed E-state index contributed by atoms with van der Waals surface area (Å²) < 4.78 is 0. The summed E-state index contributed by atoms with van der Waals surface area (Å²) >= 11 is 0. The molecule has 0 bridgehead atoms. The molecule has 0 aliphatic carbocycles. The molecule has 4 N–H and O–H groups in total. The summed E-state index contributed by atoms with van der Waals surface area (Å²) in [6.07, 6.45) is 0.886. The second-order valence-corrected chi connectivity index (χ2v) is 5.51. The Labute approximate surface area is 131 Å². The summed E-state index contributed by atoms with van der Waals surface area (Å²) in [7, 11) is 0. The number of carbonyl (C=O) groups excluding carboxylic acids is 2. The fraction of sp³-hybridized carbons (Fsp3) is 0.467. The summed E-state index contributed by atoms with van der Waals surface area (Å²) in [4.78, 5) is 24.8. The molecule has 6 heteroatoms. The largest absolute Gasteiger partial charge is 0.369 e. The number of benzene rings is 1. The van der Waals surface area contributed by atoms with Gasteiger partial charge in [-0.1, -0.05) is 29.8 Å². The topological polar surface area (TPSA) is 89.4 Å². The van der Waals surface area contributed by atoms with Crippen molar-refractivity contribution in [1.82, 2.24) is 4.90 Å². The first-order valence-corrected chi connectivity index (χ1v) is 6.84. The SMILES string of the molecule is Cc1ccc(CCN2CC(C(N)=O)C(C(N)=O)C2)cc1.Cl. The van der Waals surface area contributed by atoms with Crippen LogP contribution < -0.4 is 11.5 Å². The second-order valence-electron chi connectivity index (χ2n) is 5.51. The second kappa shape index (κ2) is 7.43. The number of rotatable bonds is 5. The van der Waals surface area contributed by atoms with Gasteiger partial charge in [-0.15, -0.1) is 12.4 Å². The predicted octanol–water partition coefficient (Wildman–Crippen LogP) is 0.478. The molecule has 5 nitrogen and oxygen atoms in total. The van der Waals surface area contributed by atoms with Crippen molar-refractivity contribution in [2.75, 3.05) is 19.6 Å². The Hall–Kier alpha value is -1.59. The first kappa shape index (κ1) is 17.5. The van der Waals surface area contributed by atoms with Crippen LogP contribution in [0.4, 0.5) is 0 Å². The third kappa shape index (κ3) is 4.44. The minimum atomic E-state index is -0.453. The van der Waals surface area contributed by atoms with Gasteiger partial charge in [-0.05, 0) is 18.9 Å². The number of halogens is 1. The Kier molecular flexibility index (Phi) is 6.18. The van der Waals surface area contributed by atoms with Gasteiger partial charge in [-0.25, -0.2) is 0 Å². The standard InChI is InChI=1S/C15H21N3O2.ClH/c1-10-2-4-11(5-3-10)6-7-18-8-12(14(16)19)13(9-18)15(17)20;/h2-5,12-13H,6-9H2,1H3,(H2,16,19)(H2,17,20);1H. The number of primary amides is 2. The fourth-order valence-electron chi connectivity index (χ4n) is 2.69. The van der Waals surface area contributed by atoms with Gasteiger partial charge in [0.1, 0.15) is 0 Å². The van der Waals surface area contributed by atoms with Crippen molar-refractivity contribution >= 4 is 24.2 Å². The zero-order chi connectivity index (χ0) is 14.7. The number of carbonyl (C=O) groups is 2. The van der Waals surface area contributed by atoms with Crippen molar-refractivity contribution < 1.29 is 9.59 Å². The van der Waals surface area contributed by atoms with Crippen LogP contribution in [0.5, 0.6) is 0 Å². The van der Waals surface area contributed by atoms with Crippen molar-refractivity contribution in [3.8, 4) is 0 Å². The van der Waals surface area contributed by atoms with E-state index in [1.807, 2.05) is 0 Å². The van der Waals surface area contributed by atoms with Crippen LogP contribution in [-0.2, 0) is 16.0 Å². The van der Waals surface area contributed by atoms with Crippen molar-refractivity contribution in [2.45, 2.75) is 13.3 Å². The number of aryl methyl sites for hydroxylation is 1. The number of nitrogens with two attached hydrogens (primary N) is 2. The van der Waals surface area contributed by atoms with Crippen LogP contribution in [0.2, 0.25) is 0 Å². The van der Waals surface area contributed by atoms with Gasteiger partial charge in [0.25, 0.3) is 0 Å². The van der Waals surface area contributed by atoms with Crippen molar-refractivity contribution in [2.24, 2.45) is 23.3 Å². The van der Waals surface area contributed by atoms with Gasteiger partial charge in [0.05, 0.1) is 11.8 Å². The Bertz CT molecular complexity index is 482. The summed E-state index contributed by atoms with van der Waals surface area (Å²) in [6.45, 7) is 3.90. The van der Waals surface area contributed by atoms with Gasteiger partial charge in [-0.2, -0.15) is 0 Å². The number of amides is 2. The molecule has 0 aromatic heterocycles. The van der Waals surface area contributed by atoms with Gasteiger partial charge in [0.15, 0.2) is 0 Å². The lowest BCUT2D eigenvalue weighted by Gasteiger charge is -2.15. The lowest BCUT2D eigenvalue weighted by atomic mass is 9.95. The first-order valence-electron chi connectivity index (χ1n) is 6.84. The number of hydrogen-bond donors (Lipinski definition) is 2. The van der Waals surface area contributed by atoms with Gasteiger partial charge in [-0.3, -0.25) is 9.59 Å². The normalized spacial score (nSPS) is 21.8. The average molecular weight is 312 g/mol. The maximum Gasteiger partial charge on any atom is 0.222 e. The molecule has 1 aromatic rings. The smallest absolute Gasteiger partial charge is 0.222 e. The highest BCUT2D eigenvalue weighted by molar-refractivity contribution is 5.87. The Balaban J connectivity index is 0.00000220. The van der Waals surface area contributed by atoms with E-state index in [0.717, 1.165) is 13.0 Å². The maximum absolute atomic E-state index is 11.4. The summed E-state index contributed by atoms with van der Waals surface area (Å²) in [5.41, 5.74) is 13.2. The molecular weight excluding hydrogens is 290 g/mol. The molecule has 0 saturated carbocycles. The quantitative estimate of drug-likeness (QED) is 0.828. The molecule has 2 rings (SSSR count). The minimum absolute atomic E-state index is 0. The summed E-state index contributed by atoms with van der Waals surface area (Å²) in [5.74, 6) is -1.78. The molecule has 1 fully saturated rings. The molecule has 2 unspecified atom stereocenters. The van der Waals surface area contributed by atoms with E-state index in [1.165, 1.54) is 11.1 Å². The van der Waals surface area contributed by atoms with Crippen LogP contribution in [0, 0.1) is 18.8 Å². The Morgan fingerprint density at radius 1 is 1.10 bits per heavy atom. The highest BCUT2D eigenvalue weighted by atomic mass is 35.5. The Morgan fingerprint density at radius 3 is 2.00 bits per heavy atom. The molecule has 1 saturated heterocycles. The number of nitrogens with zero attached hydrogens (tertiary/aromatic N) is 1. The van der Waals surface area contributed by atoms with E-state index in [1.54, 1.807) is 0 Å². The van der Waals surface area contributed by atoms with E-state index >= 15 is 0 Å². The van der Waals surface area contributed by atoms with Gasteiger partial charge >= 0.3 is 0 Å². The average Bonchev–Trinajstić information content (AvgIpc) is 2.83. The van der Waals surface area contributed by atoms with Crippen LogP contribution in [0.15, 0.2) is 24.3 Å². The lowest BCUT2D eigenvalue weighted by molar-refractivity contribution is -0.129. The molecule has 1 aromatic carbocycles. The van der Waals surface area contributed by atoms with E-state index in [0.29, 0.717) is 13.1 Å². The van der Waals surface area contributed by atoms with E-state index in [2.05, 4.69) is 36.1 Å². The molecule has 1 heterocycles. The fourth-order valence-corrected chi connectivity index (χ4v) is 2.69. The number of likely N-dealkylation sites (tertiary alicyclic amines) is 1. The highest BCUT2D eigenvalue weighted by Crippen LogP contribution is 2.23. The zero-order valence-corrected chi connectivity index (χ0v) is 12.9.